The normalized spacial score (nSPS) is 15.6. The van der Waals surface area contributed by atoms with Crippen LogP contribution >= 0.6 is 11.8 Å². The standard InChI is InChI=1S/C22H33N5O4S2/c1-15(2)31-18-10-9-16(33(29,30)27-11-7-6-8-12-27)13-17(18)23-19(28)14-32-21-24-20(25-26-21)22(3,4)5/h9-10,13,15H,6-8,11-12,14H2,1-5H3,(H,23,28)(H,24,25,26). The number of nitrogens with one attached hydrogen (secondary N) is 2. The molecule has 1 aliphatic heterocycles. The number of sulfonamides is 1. The van der Waals surface area contributed by atoms with Crippen LogP contribution in [0.3, 0.4) is 0 Å². The van der Waals surface area contributed by atoms with Crippen LogP contribution in [0, 0.1) is 0 Å². The molecule has 0 saturated carbocycles. The number of aromatic amines is 1. The van der Waals surface area contributed by atoms with E-state index >= 15 is 0 Å². The molecule has 0 radical (unpaired) electrons. The van der Waals surface area contributed by atoms with Crippen LogP contribution in [0.5, 0.6) is 5.75 Å². The fourth-order valence-electron chi connectivity index (χ4n) is 3.34. The number of benzene rings is 1. The fourth-order valence-corrected chi connectivity index (χ4v) is 5.48. The van der Waals surface area contributed by atoms with Crippen molar-refractivity contribution in [3.05, 3.63) is 24.0 Å². The zero-order valence-electron chi connectivity index (χ0n) is 19.8. The SMILES string of the molecule is CC(C)Oc1ccc(S(=O)(=O)N2CCCCC2)cc1NC(=O)CSc1n[nH]c(C(C)(C)C)n1. The molecule has 0 atom stereocenters. The number of carbonyl (C=O) groups excluding carboxylic acids is 1. The number of hydrogen-bond acceptors (Lipinski definition) is 7. The predicted octanol–water partition coefficient (Wildman–Crippen LogP) is 3.79. The number of ether oxygens (including phenoxy) is 1. The highest BCUT2D eigenvalue weighted by Crippen LogP contribution is 2.31. The van der Waals surface area contributed by atoms with Crippen molar-refractivity contribution in [1.82, 2.24) is 19.5 Å². The van der Waals surface area contributed by atoms with Crippen LogP contribution in [0.2, 0.25) is 0 Å². The van der Waals surface area contributed by atoms with Gasteiger partial charge in [-0.25, -0.2) is 13.4 Å². The summed E-state index contributed by atoms with van der Waals surface area (Å²) in [7, 11) is -3.63. The number of rotatable bonds is 8. The van der Waals surface area contributed by atoms with E-state index in [2.05, 4.69) is 20.5 Å². The van der Waals surface area contributed by atoms with Gasteiger partial charge in [0.1, 0.15) is 11.6 Å². The smallest absolute Gasteiger partial charge is 0.243 e. The minimum atomic E-state index is -3.63. The van der Waals surface area contributed by atoms with Crippen molar-refractivity contribution < 1.29 is 17.9 Å². The summed E-state index contributed by atoms with van der Waals surface area (Å²) in [6.45, 7) is 10.8. The van der Waals surface area contributed by atoms with Crippen molar-refractivity contribution in [3.8, 4) is 5.75 Å². The van der Waals surface area contributed by atoms with E-state index in [0.29, 0.717) is 29.7 Å². The lowest BCUT2D eigenvalue weighted by Crippen LogP contribution is -2.35. The maximum atomic E-state index is 13.1. The molecule has 0 bridgehead atoms. The number of piperidine rings is 1. The summed E-state index contributed by atoms with van der Waals surface area (Å²) in [5, 5.41) is 10.3. The van der Waals surface area contributed by atoms with Gasteiger partial charge in [0, 0.05) is 18.5 Å². The van der Waals surface area contributed by atoms with Crippen molar-refractivity contribution in [2.75, 3.05) is 24.2 Å². The van der Waals surface area contributed by atoms with Gasteiger partial charge in [-0.05, 0) is 44.9 Å². The number of anilines is 1. The van der Waals surface area contributed by atoms with Crippen LogP contribution in [0.4, 0.5) is 5.69 Å². The Labute approximate surface area is 200 Å². The summed E-state index contributed by atoms with van der Waals surface area (Å²) in [6, 6.07) is 4.62. The number of nitrogens with zero attached hydrogens (tertiary/aromatic N) is 3. The Kier molecular flexibility index (Phi) is 8.07. The molecule has 1 aromatic carbocycles. The Balaban J connectivity index is 1.75. The van der Waals surface area contributed by atoms with Crippen molar-refractivity contribution in [1.29, 1.82) is 0 Å². The summed E-state index contributed by atoms with van der Waals surface area (Å²) in [5.41, 5.74) is 0.162. The second-order valence-electron chi connectivity index (χ2n) is 9.34. The van der Waals surface area contributed by atoms with Crippen LogP contribution in [-0.4, -0.2) is 58.8 Å². The van der Waals surface area contributed by atoms with E-state index in [0.717, 1.165) is 25.1 Å². The van der Waals surface area contributed by atoms with Gasteiger partial charge in [-0.3, -0.25) is 9.89 Å². The van der Waals surface area contributed by atoms with Crippen LogP contribution < -0.4 is 10.1 Å². The molecular formula is C22H33N5O4S2. The number of H-pyrrole nitrogens is 1. The molecule has 2 N–H and O–H groups in total. The van der Waals surface area contributed by atoms with Crippen molar-refractivity contribution >= 4 is 33.4 Å². The first kappa shape index (κ1) is 25.5. The van der Waals surface area contributed by atoms with Gasteiger partial charge in [0.05, 0.1) is 22.4 Å². The summed E-state index contributed by atoms with van der Waals surface area (Å²) < 4.78 is 33.5. The van der Waals surface area contributed by atoms with Crippen LogP contribution in [0.1, 0.15) is 59.7 Å². The summed E-state index contributed by atoms with van der Waals surface area (Å²) in [5.74, 6) is 0.941. The molecule has 9 nitrogen and oxygen atoms in total. The van der Waals surface area contributed by atoms with Crippen molar-refractivity contribution in [2.45, 2.75) is 75.5 Å². The molecule has 2 aromatic rings. The van der Waals surface area contributed by atoms with Crippen molar-refractivity contribution in [2.24, 2.45) is 0 Å². The van der Waals surface area contributed by atoms with Gasteiger partial charge in [0.25, 0.3) is 0 Å². The highest BCUT2D eigenvalue weighted by atomic mass is 32.2. The monoisotopic (exact) mass is 495 g/mol. The van der Waals surface area contributed by atoms with Gasteiger partial charge in [0.2, 0.25) is 21.1 Å². The number of hydrogen-bond donors (Lipinski definition) is 2. The largest absolute Gasteiger partial charge is 0.489 e. The third kappa shape index (κ3) is 6.70. The molecule has 0 unspecified atom stereocenters. The molecular weight excluding hydrogens is 462 g/mol. The van der Waals surface area contributed by atoms with E-state index in [4.69, 9.17) is 4.74 Å². The van der Waals surface area contributed by atoms with E-state index in [1.54, 1.807) is 6.07 Å². The molecule has 0 spiro atoms. The lowest BCUT2D eigenvalue weighted by molar-refractivity contribution is -0.113. The Morgan fingerprint density at radius 1 is 1.24 bits per heavy atom. The number of amides is 1. The summed E-state index contributed by atoms with van der Waals surface area (Å²) in [6.07, 6.45) is 2.61. The Morgan fingerprint density at radius 3 is 2.55 bits per heavy atom. The van der Waals surface area contributed by atoms with E-state index in [1.807, 2.05) is 34.6 Å². The zero-order valence-corrected chi connectivity index (χ0v) is 21.5. The lowest BCUT2D eigenvalue weighted by atomic mass is 9.96. The van der Waals surface area contributed by atoms with Gasteiger partial charge < -0.3 is 10.1 Å². The van der Waals surface area contributed by atoms with Gasteiger partial charge in [-0.2, -0.15) is 4.31 Å². The van der Waals surface area contributed by atoms with E-state index in [9.17, 15) is 13.2 Å². The van der Waals surface area contributed by atoms with E-state index < -0.39 is 10.0 Å². The second-order valence-corrected chi connectivity index (χ2v) is 12.2. The number of thioether (sulfide) groups is 1. The third-order valence-corrected chi connectivity index (χ3v) is 7.79. The summed E-state index contributed by atoms with van der Waals surface area (Å²) in [4.78, 5) is 17.2. The van der Waals surface area contributed by atoms with E-state index in [1.165, 1.54) is 28.2 Å². The van der Waals surface area contributed by atoms with Crippen molar-refractivity contribution in [3.63, 3.8) is 0 Å². The van der Waals surface area contributed by atoms with Crippen LogP contribution in [0.25, 0.3) is 0 Å². The molecule has 1 fully saturated rings. The molecule has 11 heteroatoms. The molecule has 3 rings (SSSR count). The van der Waals surface area contributed by atoms with Gasteiger partial charge in [0.15, 0.2) is 0 Å². The van der Waals surface area contributed by atoms with Crippen LogP contribution in [-0.2, 0) is 20.2 Å². The molecule has 182 valence electrons. The minimum Gasteiger partial charge on any atom is -0.489 e. The first-order chi connectivity index (χ1) is 15.5. The quantitative estimate of drug-likeness (QED) is 0.535. The molecule has 2 heterocycles. The van der Waals surface area contributed by atoms with Crippen LogP contribution in [0.15, 0.2) is 28.3 Å². The highest BCUT2D eigenvalue weighted by molar-refractivity contribution is 7.99. The second kappa shape index (κ2) is 10.4. The molecule has 33 heavy (non-hydrogen) atoms. The zero-order chi connectivity index (χ0) is 24.2. The Bertz CT molecular complexity index is 1070. The Hall–Kier alpha value is -2.11. The molecule has 1 amide bonds. The first-order valence-electron chi connectivity index (χ1n) is 11.1. The number of carbonyl (C=O) groups is 1. The molecule has 1 aliphatic rings. The first-order valence-corrected chi connectivity index (χ1v) is 13.6. The maximum absolute atomic E-state index is 13.1. The summed E-state index contributed by atoms with van der Waals surface area (Å²) >= 11 is 1.20. The third-order valence-electron chi connectivity index (χ3n) is 5.05. The van der Waals surface area contributed by atoms with Gasteiger partial charge in [-0.1, -0.05) is 39.0 Å². The van der Waals surface area contributed by atoms with E-state index in [-0.39, 0.29) is 28.1 Å². The average Bonchev–Trinajstić information content (AvgIpc) is 3.23. The fraction of sp³-hybridized carbons (Fsp3) is 0.591. The minimum absolute atomic E-state index is 0.0751. The lowest BCUT2D eigenvalue weighted by Gasteiger charge is -2.26. The van der Waals surface area contributed by atoms with Gasteiger partial charge in [-0.15, -0.1) is 5.10 Å². The Morgan fingerprint density at radius 2 is 1.94 bits per heavy atom. The number of aromatic nitrogens is 3. The highest BCUT2D eigenvalue weighted by Gasteiger charge is 2.27. The predicted molar refractivity (Wildman–Crippen MR) is 129 cm³/mol. The average molecular weight is 496 g/mol. The maximum Gasteiger partial charge on any atom is 0.243 e. The molecule has 1 aromatic heterocycles. The molecule has 1 saturated heterocycles. The van der Waals surface area contributed by atoms with Gasteiger partial charge >= 0.3 is 0 Å². The molecule has 0 aliphatic carbocycles. The topological polar surface area (TPSA) is 117 Å².